The summed E-state index contributed by atoms with van der Waals surface area (Å²) in [6.45, 7) is 2.34. The van der Waals surface area contributed by atoms with E-state index in [-0.39, 0.29) is 11.3 Å². The van der Waals surface area contributed by atoms with Crippen LogP contribution in [0.15, 0.2) is 12.1 Å². The number of carboxylic acids is 1. The highest BCUT2D eigenvalue weighted by Crippen LogP contribution is 2.33. The van der Waals surface area contributed by atoms with Crippen LogP contribution in [0.4, 0.5) is 11.4 Å². The third-order valence-electron chi connectivity index (χ3n) is 3.63. The Morgan fingerprint density at radius 3 is 2.75 bits per heavy atom. The SMILES string of the molecule is Cc1c(NCCCC2CC2)cc(C(=O)O)cc1[N+](=O)[O-]. The third-order valence-corrected chi connectivity index (χ3v) is 3.63. The summed E-state index contributed by atoms with van der Waals surface area (Å²) in [7, 11) is 0. The van der Waals surface area contributed by atoms with E-state index in [1.165, 1.54) is 18.9 Å². The van der Waals surface area contributed by atoms with Crippen LogP contribution < -0.4 is 5.32 Å². The maximum Gasteiger partial charge on any atom is 0.336 e. The zero-order valence-electron chi connectivity index (χ0n) is 11.4. The summed E-state index contributed by atoms with van der Waals surface area (Å²) >= 11 is 0. The minimum atomic E-state index is -1.16. The molecule has 1 aliphatic rings. The Balaban J connectivity index is 2.11. The van der Waals surface area contributed by atoms with E-state index in [4.69, 9.17) is 5.11 Å². The smallest absolute Gasteiger partial charge is 0.336 e. The highest BCUT2D eigenvalue weighted by Gasteiger charge is 2.21. The monoisotopic (exact) mass is 278 g/mol. The van der Waals surface area contributed by atoms with Crippen molar-refractivity contribution in [3.05, 3.63) is 33.4 Å². The average Bonchev–Trinajstić information content (AvgIpc) is 3.19. The Hall–Kier alpha value is -2.11. The molecule has 0 radical (unpaired) electrons. The van der Waals surface area contributed by atoms with E-state index in [9.17, 15) is 14.9 Å². The first-order valence-corrected chi connectivity index (χ1v) is 6.75. The lowest BCUT2D eigenvalue weighted by Gasteiger charge is -2.11. The molecule has 0 atom stereocenters. The molecule has 1 saturated carbocycles. The summed E-state index contributed by atoms with van der Waals surface area (Å²) in [6, 6.07) is 2.56. The van der Waals surface area contributed by atoms with E-state index >= 15 is 0 Å². The first kappa shape index (κ1) is 14.3. The van der Waals surface area contributed by atoms with Crippen molar-refractivity contribution in [1.29, 1.82) is 0 Å². The van der Waals surface area contributed by atoms with Crippen molar-refractivity contribution in [2.45, 2.75) is 32.6 Å². The van der Waals surface area contributed by atoms with E-state index in [2.05, 4.69) is 5.32 Å². The second-order valence-corrected chi connectivity index (χ2v) is 5.24. The lowest BCUT2D eigenvalue weighted by atomic mass is 10.1. The first-order valence-electron chi connectivity index (χ1n) is 6.75. The second kappa shape index (κ2) is 5.90. The molecule has 0 saturated heterocycles. The van der Waals surface area contributed by atoms with Crippen LogP contribution >= 0.6 is 0 Å². The minimum Gasteiger partial charge on any atom is -0.478 e. The van der Waals surface area contributed by atoms with Crippen LogP contribution in [-0.2, 0) is 0 Å². The lowest BCUT2D eigenvalue weighted by Crippen LogP contribution is -2.07. The Morgan fingerprint density at radius 2 is 2.20 bits per heavy atom. The van der Waals surface area contributed by atoms with Gasteiger partial charge in [0.15, 0.2) is 0 Å². The number of nitro groups is 1. The van der Waals surface area contributed by atoms with Crippen LogP contribution in [0.25, 0.3) is 0 Å². The van der Waals surface area contributed by atoms with Gasteiger partial charge in [0.2, 0.25) is 0 Å². The van der Waals surface area contributed by atoms with Crippen molar-refractivity contribution >= 4 is 17.3 Å². The van der Waals surface area contributed by atoms with Crippen LogP contribution in [0.1, 0.15) is 41.6 Å². The van der Waals surface area contributed by atoms with Crippen LogP contribution in [0.2, 0.25) is 0 Å². The Morgan fingerprint density at radius 1 is 1.50 bits per heavy atom. The molecule has 0 spiro atoms. The molecule has 2 rings (SSSR count). The highest BCUT2D eigenvalue weighted by molar-refractivity contribution is 5.90. The number of hydrogen-bond acceptors (Lipinski definition) is 4. The third kappa shape index (κ3) is 3.46. The molecule has 1 aliphatic carbocycles. The summed E-state index contributed by atoms with van der Waals surface area (Å²) < 4.78 is 0. The molecule has 1 aromatic carbocycles. The Bertz CT molecular complexity index is 538. The molecular formula is C14H18N2O4. The molecule has 6 nitrogen and oxygen atoms in total. The number of carboxylic acid groups (broad SMARTS) is 1. The first-order chi connectivity index (χ1) is 9.49. The van der Waals surface area contributed by atoms with Crippen molar-refractivity contribution in [3.8, 4) is 0 Å². The number of nitrogens with one attached hydrogen (secondary N) is 1. The van der Waals surface area contributed by atoms with Gasteiger partial charge in [0.25, 0.3) is 5.69 Å². The van der Waals surface area contributed by atoms with Gasteiger partial charge in [-0.2, -0.15) is 0 Å². The molecule has 0 amide bonds. The molecule has 0 aliphatic heterocycles. The standard InChI is InChI=1S/C14H18N2O4/c1-9-12(15-6-2-3-10-4-5-10)7-11(14(17)18)8-13(9)16(19)20/h7-8,10,15H,2-6H2,1H3,(H,17,18). The summed E-state index contributed by atoms with van der Waals surface area (Å²) in [4.78, 5) is 21.4. The number of nitro benzene ring substituents is 1. The molecule has 2 N–H and O–H groups in total. The fourth-order valence-corrected chi connectivity index (χ4v) is 2.22. The molecular weight excluding hydrogens is 260 g/mol. The van der Waals surface area contributed by atoms with Crippen molar-refractivity contribution in [3.63, 3.8) is 0 Å². The number of rotatable bonds is 7. The molecule has 0 heterocycles. The second-order valence-electron chi connectivity index (χ2n) is 5.24. The molecule has 1 fully saturated rings. The number of anilines is 1. The fraction of sp³-hybridized carbons (Fsp3) is 0.500. The van der Waals surface area contributed by atoms with Gasteiger partial charge in [-0.3, -0.25) is 10.1 Å². The van der Waals surface area contributed by atoms with Crippen LogP contribution in [-0.4, -0.2) is 22.5 Å². The van der Waals surface area contributed by atoms with Gasteiger partial charge in [0.05, 0.1) is 10.5 Å². The van der Waals surface area contributed by atoms with Gasteiger partial charge >= 0.3 is 5.97 Å². The van der Waals surface area contributed by atoms with Gasteiger partial charge in [-0.25, -0.2) is 4.79 Å². The van der Waals surface area contributed by atoms with Crippen LogP contribution in [0.3, 0.4) is 0 Å². The quantitative estimate of drug-likeness (QED) is 0.454. The van der Waals surface area contributed by atoms with Crippen molar-refractivity contribution < 1.29 is 14.8 Å². The van der Waals surface area contributed by atoms with Crippen molar-refractivity contribution in [2.24, 2.45) is 5.92 Å². The van der Waals surface area contributed by atoms with E-state index in [0.29, 0.717) is 17.8 Å². The van der Waals surface area contributed by atoms with Crippen molar-refractivity contribution in [2.75, 3.05) is 11.9 Å². The topological polar surface area (TPSA) is 92.5 Å². The maximum absolute atomic E-state index is 11.0. The average molecular weight is 278 g/mol. The Kier molecular flexibility index (Phi) is 4.22. The number of nitrogens with zero attached hydrogens (tertiary/aromatic N) is 1. The van der Waals surface area contributed by atoms with E-state index in [1.54, 1.807) is 6.92 Å². The predicted molar refractivity (Wildman–Crippen MR) is 75.2 cm³/mol. The predicted octanol–water partition coefficient (Wildman–Crippen LogP) is 3.20. The largest absolute Gasteiger partial charge is 0.478 e. The van der Waals surface area contributed by atoms with Gasteiger partial charge < -0.3 is 10.4 Å². The molecule has 20 heavy (non-hydrogen) atoms. The number of aromatic carboxylic acids is 1. The molecule has 6 heteroatoms. The zero-order chi connectivity index (χ0) is 14.7. The molecule has 0 unspecified atom stereocenters. The minimum absolute atomic E-state index is 0.0630. The van der Waals surface area contributed by atoms with Gasteiger partial charge in [-0.05, 0) is 31.7 Å². The normalized spacial score (nSPS) is 14.1. The summed E-state index contributed by atoms with van der Waals surface area (Å²) in [5, 5.41) is 23.1. The van der Waals surface area contributed by atoms with Gasteiger partial charge in [0.1, 0.15) is 0 Å². The van der Waals surface area contributed by atoms with E-state index in [0.717, 1.165) is 24.8 Å². The molecule has 1 aromatic rings. The van der Waals surface area contributed by atoms with Gasteiger partial charge in [-0.15, -0.1) is 0 Å². The van der Waals surface area contributed by atoms with E-state index < -0.39 is 10.9 Å². The lowest BCUT2D eigenvalue weighted by molar-refractivity contribution is -0.385. The summed E-state index contributed by atoms with van der Waals surface area (Å²) in [6.07, 6.45) is 4.76. The number of carbonyl (C=O) groups is 1. The summed E-state index contributed by atoms with van der Waals surface area (Å²) in [5.41, 5.74) is 0.792. The fourth-order valence-electron chi connectivity index (χ4n) is 2.22. The summed E-state index contributed by atoms with van der Waals surface area (Å²) in [5.74, 6) is -0.313. The van der Waals surface area contributed by atoms with Crippen LogP contribution in [0.5, 0.6) is 0 Å². The van der Waals surface area contributed by atoms with Gasteiger partial charge in [-0.1, -0.05) is 12.8 Å². The zero-order valence-corrected chi connectivity index (χ0v) is 11.4. The molecule has 0 aromatic heterocycles. The number of benzene rings is 1. The number of hydrogen-bond donors (Lipinski definition) is 2. The van der Waals surface area contributed by atoms with Gasteiger partial charge in [0, 0.05) is 23.9 Å². The van der Waals surface area contributed by atoms with Crippen molar-refractivity contribution in [1.82, 2.24) is 0 Å². The maximum atomic E-state index is 11.0. The molecule has 108 valence electrons. The molecule has 0 bridgehead atoms. The highest BCUT2D eigenvalue weighted by atomic mass is 16.6. The Labute approximate surface area is 117 Å². The van der Waals surface area contributed by atoms with E-state index in [1.807, 2.05) is 0 Å². The van der Waals surface area contributed by atoms with Crippen LogP contribution in [0, 0.1) is 23.0 Å².